The quantitative estimate of drug-likeness (QED) is 0.728. The van der Waals surface area contributed by atoms with E-state index in [1.54, 1.807) is 13.0 Å². The Morgan fingerprint density at radius 1 is 1.12 bits per heavy atom. The summed E-state index contributed by atoms with van der Waals surface area (Å²) in [6, 6.07) is 14.4. The zero-order valence-electron chi connectivity index (χ0n) is 13.3. The zero-order valence-corrected chi connectivity index (χ0v) is 14.0. The van der Waals surface area contributed by atoms with E-state index in [4.69, 9.17) is 16.3 Å². The number of hydrogen-bond donors (Lipinski definition) is 1. The Morgan fingerprint density at radius 3 is 2.58 bits per heavy atom. The van der Waals surface area contributed by atoms with Gasteiger partial charge in [0.1, 0.15) is 11.9 Å². The van der Waals surface area contributed by atoms with E-state index in [1.165, 1.54) is 7.11 Å². The van der Waals surface area contributed by atoms with Crippen LogP contribution in [0.5, 0.6) is 0 Å². The Kier molecular flexibility index (Phi) is 4.62. The summed E-state index contributed by atoms with van der Waals surface area (Å²) in [5.41, 5.74) is 1.50. The van der Waals surface area contributed by atoms with Crippen molar-refractivity contribution in [1.29, 1.82) is 0 Å². The first-order valence-electron chi connectivity index (χ1n) is 7.46. The van der Waals surface area contributed by atoms with Crippen LogP contribution in [0.15, 0.2) is 48.5 Å². The summed E-state index contributed by atoms with van der Waals surface area (Å²) in [7, 11) is 1.35. The molecule has 0 radical (unpaired) electrons. The molecule has 0 unspecified atom stereocenters. The number of nitrogens with one attached hydrogen (secondary N) is 1. The number of halogens is 1. The number of aromatic nitrogens is 2. The van der Waals surface area contributed by atoms with Crippen LogP contribution in [-0.2, 0) is 9.53 Å². The van der Waals surface area contributed by atoms with Crippen LogP contribution in [0.4, 0.5) is 5.82 Å². The van der Waals surface area contributed by atoms with E-state index in [1.807, 2.05) is 42.5 Å². The number of fused-ring (bicyclic) bond motifs is 1. The van der Waals surface area contributed by atoms with Crippen LogP contribution in [0.1, 0.15) is 6.92 Å². The fraction of sp³-hybridized carbons (Fsp3) is 0.167. The molecule has 24 heavy (non-hydrogen) atoms. The summed E-state index contributed by atoms with van der Waals surface area (Å²) in [5, 5.41) is 4.49. The molecule has 6 heteroatoms. The number of hydrogen-bond acceptors (Lipinski definition) is 5. The lowest BCUT2D eigenvalue weighted by atomic mass is 10.1. The van der Waals surface area contributed by atoms with E-state index in [0.29, 0.717) is 16.7 Å². The normalized spacial score (nSPS) is 12.0. The van der Waals surface area contributed by atoms with Gasteiger partial charge in [-0.3, -0.25) is 0 Å². The second-order valence-corrected chi connectivity index (χ2v) is 5.69. The lowest BCUT2D eigenvalue weighted by Crippen LogP contribution is -2.27. The van der Waals surface area contributed by atoms with Crippen LogP contribution in [0, 0.1) is 0 Å². The summed E-state index contributed by atoms with van der Waals surface area (Å²) < 4.78 is 4.76. The van der Waals surface area contributed by atoms with Crippen LogP contribution >= 0.6 is 11.6 Å². The molecule has 122 valence electrons. The minimum absolute atomic E-state index is 0.364. The van der Waals surface area contributed by atoms with Crippen molar-refractivity contribution < 1.29 is 9.53 Å². The highest BCUT2D eigenvalue weighted by molar-refractivity contribution is 6.33. The minimum Gasteiger partial charge on any atom is -0.467 e. The highest BCUT2D eigenvalue weighted by Crippen LogP contribution is 2.29. The molecule has 0 spiro atoms. The molecule has 1 N–H and O–H groups in total. The number of esters is 1. The maximum Gasteiger partial charge on any atom is 0.328 e. The molecule has 0 fully saturated rings. The zero-order chi connectivity index (χ0) is 17.1. The van der Waals surface area contributed by atoms with Gasteiger partial charge in [-0.1, -0.05) is 35.9 Å². The molecular weight excluding hydrogens is 326 g/mol. The topological polar surface area (TPSA) is 64.1 Å². The van der Waals surface area contributed by atoms with Crippen molar-refractivity contribution in [3.05, 3.63) is 53.6 Å². The van der Waals surface area contributed by atoms with E-state index >= 15 is 0 Å². The van der Waals surface area contributed by atoms with Gasteiger partial charge < -0.3 is 10.1 Å². The van der Waals surface area contributed by atoms with E-state index in [2.05, 4.69) is 15.3 Å². The Hall–Kier alpha value is -2.66. The average Bonchev–Trinajstić information content (AvgIpc) is 2.61. The smallest absolute Gasteiger partial charge is 0.328 e. The minimum atomic E-state index is -0.535. The molecule has 3 aromatic rings. The molecule has 0 bridgehead atoms. The van der Waals surface area contributed by atoms with Gasteiger partial charge in [-0.25, -0.2) is 14.8 Å². The molecule has 2 aromatic carbocycles. The summed E-state index contributed by atoms with van der Waals surface area (Å²) in [5.74, 6) is 0.698. The van der Waals surface area contributed by atoms with Crippen LogP contribution in [0.25, 0.3) is 22.3 Å². The van der Waals surface area contributed by atoms with Gasteiger partial charge in [0, 0.05) is 10.9 Å². The number of carbonyl (C=O) groups excluding carboxylic acids is 1. The van der Waals surface area contributed by atoms with Crippen molar-refractivity contribution in [1.82, 2.24) is 9.97 Å². The molecular formula is C18H16ClN3O2. The van der Waals surface area contributed by atoms with Gasteiger partial charge in [-0.2, -0.15) is 0 Å². The molecule has 0 saturated carbocycles. The fourth-order valence-electron chi connectivity index (χ4n) is 2.39. The van der Waals surface area contributed by atoms with Gasteiger partial charge in [-0.15, -0.1) is 0 Å². The Bertz CT molecular complexity index is 898. The van der Waals surface area contributed by atoms with Gasteiger partial charge in [0.15, 0.2) is 5.82 Å². The predicted octanol–water partition coefficient (Wildman–Crippen LogP) is 3.92. The molecule has 1 aromatic heterocycles. The number of carbonyl (C=O) groups is 1. The van der Waals surface area contributed by atoms with E-state index in [-0.39, 0.29) is 5.97 Å². The van der Waals surface area contributed by atoms with Crippen molar-refractivity contribution in [2.75, 3.05) is 12.4 Å². The monoisotopic (exact) mass is 341 g/mol. The third kappa shape index (κ3) is 3.16. The molecule has 0 saturated heterocycles. The largest absolute Gasteiger partial charge is 0.467 e. The molecule has 1 heterocycles. The highest BCUT2D eigenvalue weighted by Gasteiger charge is 2.17. The lowest BCUT2D eigenvalue weighted by Gasteiger charge is -2.15. The molecule has 1 atom stereocenters. The van der Waals surface area contributed by atoms with Gasteiger partial charge >= 0.3 is 5.97 Å². The van der Waals surface area contributed by atoms with Crippen molar-refractivity contribution in [3.8, 4) is 11.4 Å². The summed E-state index contributed by atoms with van der Waals surface area (Å²) in [6.07, 6.45) is 0. The third-order valence-corrected chi connectivity index (χ3v) is 3.96. The van der Waals surface area contributed by atoms with Crippen molar-refractivity contribution in [2.24, 2.45) is 0 Å². The number of rotatable bonds is 4. The molecule has 3 rings (SSSR count). The molecule has 0 aliphatic carbocycles. The van der Waals surface area contributed by atoms with Crippen LogP contribution in [0.2, 0.25) is 5.02 Å². The van der Waals surface area contributed by atoms with Crippen LogP contribution in [0.3, 0.4) is 0 Å². The first-order valence-corrected chi connectivity index (χ1v) is 7.84. The average molecular weight is 342 g/mol. The third-order valence-electron chi connectivity index (χ3n) is 3.63. The number of anilines is 1. The molecule has 0 aliphatic rings. The Labute approximate surface area is 144 Å². The number of benzene rings is 2. The van der Waals surface area contributed by atoms with Crippen molar-refractivity contribution >= 4 is 34.3 Å². The maximum absolute atomic E-state index is 11.7. The van der Waals surface area contributed by atoms with Crippen molar-refractivity contribution in [3.63, 3.8) is 0 Å². The molecule has 5 nitrogen and oxygen atoms in total. The van der Waals surface area contributed by atoms with Crippen molar-refractivity contribution in [2.45, 2.75) is 13.0 Å². The predicted molar refractivity (Wildman–Crippen MR) is 95.1 cm³/mol. The molecule has 0 amide bonds. The van der Waals surface area contributed by atoms with Gasteiger partial charge in [0.25, 0.3) is 0 Å². The first-order chi connectivity index (χ1) is 11.6. The Morgan fingerprint density at radius 2 is 1.83 bits per heavy atom. The summed E-state index contributed by atoms with van der Waals surface area (Å²) >= 11 is 6.27. The summed E-state index contributed by atoms with van der Waals surface area (Å²) in [6.45, 7) is 1.72. The van der Waals surface area contributed by atoms with E-state index in [0.717, 1.165) is 16.5 Å². The number of methoxy groups -OCH3 is 1. The standard InChI is InChI=1S/C18H16ClN3O2/c1-11(18(23)24-2)20-17-13-8-4-6-10-15(13)21-16(22-17)12-7-3-5-9-14(12)19/h3-11H,1-2H3,(H,20,21,22)/t11-/m0/s1. The number of para-hydroxylation sites is 1. The first kappa shape index (κ1) is 16.2. The van der Waals surface area contributed by atoms with E-state index in [9.17, 15) is 4.79 Å². The van der Waals surface area contributed by atoms with E-state index < -0.39 is 6.04 Å². The van der Waals surface area contributed by atoms with Gasteiger partial charge in [-0.05, 0) is 31.2 Å². The second kappa shape index (κ2) is 6.84. The molecule has 0 aliphatic heterocycles. The maximum atomic E-state index is 11.7. The van der Waals surface area contributed by atoms with Gasteiger partial charge in [0.2, 0.25) is 0 Å². The van der Waals surface area contributed by atoms with Crippen LogP contribution < -0.4 is 5.32 Å². The summed E-state index contributed by atoms with van der Waals surface area (Å²) in [4.78, 5) is 20.9. The SMILES string of the molecule is COC(=O)[C@H](C)Nc1nc(-c2ccccc2Cl)nc2ccccc12. The lowest BCUT2D eigenvalue weighted by molar-refractivity contribution is -0.141. The fourth-order valence-corrected chi connectivity index (χ4v) is 2.61. The number of nitrogens with zero attached hydrogens (tertiary/aromatic N) is 2. The van der Waals surface area contributed by atoms with Gasteiger partial charge in [0.05, 0.1) is 17.6 Å². The Balaban J connectivity index is 2.13. The highest BCUT2D eigenvalue weighted by atomic mass is 35.5. The second-order valence-electron chi connectivity index (χ2n) is 5.28. The number of ether oxygens (including phenoxy) is 1. The van der Waals surface area contributed by atoms with Crippen LogP contribution in [-0.4, -0.2) is 29.1 Å².